The Morgan fingerprint density at radius 1 is 1.58 bits per heavy atom. The molecule has 0 radical (unpaired) electrons. The lowest BCUT2D eigenvalue weighted by Crippen LogP contribution is -2.20. The van der Waals surface area contributed by atoms with Gasteiger partial charge < -0.3 is 10.5 Å². The minimum Gasteiger partial charge on any atom is -0.466 e. The molecule has 1 aliphatic rings. The van der Waals surface area contributed by atoms with Crippen LogP contribution >= 0.6 is 11.6 Å². The van der Waals surface area contributed by atoms with E-state index in [0.717, 1.165) is 34.9 Å². The van der Waals surface area contributed by atoms with E-state index in [4.69, 9.17) is 22.1 Å². The second kappa shape index (κ2) is 6.95. The van der Waals surface area contributed by atoms with E-state index in [1.807, 2.05) is 19.9 Å². The van der Waals surface area contributed by atoms with Gasteiger partial charge in [0, 0.05) is 23.2 Å². The predicted molar refractivity (Wildman–Crippen MR) is 95.7 cm³/mol. The summed E-state index contributed by atoms with van der Waals surface area (Å²) in [7, 11) is 0. The third kappa shape index (κ3) is 3.06. The van der Waals surface area contributed by atoms with E-state index in [0.29, 0.717) is 18.1 Å². The summed E-state index contributed by atoms with van der Waals surface area (Å²) in [5.41, 5.74) is 10.2. The van der Waals surface area contributed by atoms with Crippen molar-refractivity contribution in [2.45, 2.75) is 39.2 Å². The highest BCUT2D eigenvalue weighted by Gasteiger charge is 2.26. The first-order valence-electron chi connectivity index (χ1n) is 8.30. The zero-order valence-corrected chi connectivity index (χ0v) is 14.7. The van der Waals surface area contributed by atoms with Crippen LogP contribution in [0.15, 0.2) is 18.3 Å². The number of nitrogens with zero attached hydrogens (tertiary/aromatic N) is 1. The monoisotopic (exact) mass is 347 g/mol. The lowest BCUT2D eigenvalue weighted by atomic mass is 9.83. The van der Waals surface area contributed by atoms with Gasteiger partial charge in [-0.2, -0.15) is 5.10 Å². The van der Waals surface area contributed by atoms with Crippen LogP contribution in [0.3, 0.4) is 0 Å². The highest BCUT2D eigenvalue weighted by Crippen LogP contribution is 2.39. The largest absolute Gasteiger partial charge is 0.466 e. The van der Waals surface area contributed by atoms with Crippen molar-refractivity contribution < 1.29 is 9.53 Å². The summed E-state index contributed by atoms with van der Waals surface area (Å²) < 4.78 is 5.13. The van der Waals surface area contributed by atoms with E-state index in [2.05, 4.69) is 16.3 Å². The summed E-state index contributed by atoms with van der Waals surface area (Å²) in [6.45, 7) is 4.20. The van der Waals surface area contributed by atoms with Crippen molar-refractivity contribution in [2.75, 3.05) is 6.61 Å². The minimum absolute atomic E-state index is 0.0607. The van der Waals surface area contributed by atoms with Crippen molar-refractivity contribution in [3.05, 3.63) is 34.5 Å². The zero-order chi connectivity index (χ0) is 17.3. The Kier molecular flexibility index (Phi) is 4.92. The molecule has 128 valence electrons. The Bertz CT molecular complexity index is 795. The lowest BCUT2D eigenvalue weighted by molar-refractivity contribution is -0.148. The topological polar surface area (TPSA) is 81.0 Å². The van der Waals surface area contributed by atoms with Crippen molar-refractivity contribution in [2.24, 2.45) is 11.7 Å². The average Bonchev–Trinajstić information content (AvgIpc) is 3.05. The number of esters is 1. The molecule has 0 aliphatic heterocycles. The number of carbonyl (C=O) groups is 1. The van der Waals surface area contributed by atoms with Crippen LogP contribution in [0, 0.1) is 5.92 Å². The number of aromatic nitrogens is 2. The Hall–Kier alpha value is -1.85. The molecule has 0 bridgehead atoms. The fourth-order valence-electron chi connectivity index (χ4n) is 3.32. The molecule has 2 unspecified atom stereocenters. The first-order valence-corrected chi connectivity index (χ1v) is 8.68. The number of H-pyrrole nitrogens is 1. The molecule has 0 saturated heterocycles. The van der Waals surface area contributed by atoms with Crippen molar-refractivity contribution in [3.63, 3.8) is 0 Å². The van der Waals surface area contributed by atoms with Gasteiger partial charge in [0.2, 0.25) is 0 Å². The highest BCUT2D eigenvalue weighted by atomic mass is 35.5. The van der Waals surface area contributed by atoms with Crippen molar-refractivity contribution in [1.82, 2.24) is 10.2 Å². The standard InChI is InChI=1S/C18H22ClN3O2/c1-3-24-18(23)12-6-4-11(5-7-12)16-13(10(2)20)8-15(19)14-9-21-22-17(14)16/h4,8-10,12H,3,5-7,20H2,1-2H3,(H,21,22). The van der Waals surface area contributed by atoms with E-state index in [-0.39, 0.29) is 17.9 Å². The van der Waals surface area contributed by atoms with Gasteiger partial charge in [0.05, 0.1) is 17.5 Å². The SMILES string of the molecule is CCOC(=O)C1CC=C(c2c(C(C)N)cc(Cl)c3c[nH]nc23)CC1. The molecule has 2 atom stereocenters. The second-order valence-electron chi connectivity index (χ2n) is 6.21. The maximum atomic E-state index is 11.9. The van der Waals surface area contributed by atoms with Crippen LogP contribution in [0.5, 0.6) is 0 Å². The molecule has 0 spiro atoms. The lowest BCUT2D eigenvalue weighted by Gasteiger charge is -2.23. The van der Waals surface area contributed by atoms with E-state index < -0.39 is 0 Å². The third-order valence-electron chi connectivity index (χ3n) is 4.55. The number of hydrogen-bond acceptors (Lipinski definition) is 4. The quantitative estimate of drug-likeness (QED) is 0.819. The molecule has 1 heterocycles. The zero-order valence-electron chi connectivity index (χ0n) is 13.9. The first kappa shape index (κ1) is 17.0. The van der Waals surface area contributed by atoms with Crippen molar-refractivity contribution in [3.8, 4) is 0 Å². The molecule has 3 N–H and O–H groups in total. The predicted octanol–water partition coefficient (Wildman–Crippen LogP) is 3.98. The Labute approximate surface area is 146 Å². The van der Waals surface area contributed by atoms with Crippen LogP contribution in [0.4, 0.5) is 0 Å². The van der Waals surface area contributed by atoms with Gasteiger partial charge in [-0.05, 0) is 50.3 Å². The molecule has 3 rings (SSSR count). The van der Waals surface area contributed by atoms with Gasteiger partial charge in [-0.1, -0.05) is 17.7 Å². The van der Waals surface area contributed by atoms with E-state index in [1.54, 1.807) is 6.20 Å². The van der Waals surface area contributed by atoms with Crippen LogP contribution in [0.25, 0.3) is 16.5 Å². The van der Waals surface area contributed by atoms with E-state index in [1.165, 1.54) is 5.57 Å². The van der Waals surface area contributed by atoms with Gasteiger partial charge in [0.25, 0.3) is 0 Å². The number of benzene rings is 1. The van der Waals surface area contributed by atoms with Crippen LogP contribution in [-0.4, -0.2) is 22.8 Å². The number of hydrogen-bond donors (Lipinski definition) is 2. The number of fused-ring (bicyclic) bond motifs is 1. The van der Waals surface area contributed by atoms with Crippen molar-refractivity contribution >= 4 is 34.0 Å². The third-order valence-corrected chi connectivity index (χ3v) is 4.86. The summed E-state index contributed by atoms with van der Waals surface area (Å²) >= 11 is 6.36. The van der Waals surface area contributed by atoms with Gasteiger partial charge in [0.15, 0.2) is 0 Å². The molecule has 1 aliphatic carbocycles. The first-order chi connectivity index (χ1) is 11.5. The molecule has 0 fully saturated rings. The molecular weight excluding hydrogens is 326 g/mol. The second-order valence-corrected chi connectivity index (χ2v) is 6.62. The summed E-state index contributed by atoms with van der Waals surface area (Å²) in [4.78, 5) is 11.9. The molecule has 2 aromatic rings. The number of ether oxygens (including phenoxy) is 1. The summed E-state index contributed by atoms with van der Waals surface area (Å²) in [6, 6.07) is 1.78. The van der Waals surface area contributed by atoms with E-state index in [9.17, 15) is 4.79 Å². The fourth-order valence-corrected chi connectivity index (χ4v) is 3.58. The van der Waals surface area contributed by atoms with Gasteiger partial charge >= 0.3 is 5.97 Å². The molecule has 1 aromatic heterocycles. The average molecular weight is 348 g/mol. The van der Waals surface area contributed by atoms with Gasteiger partial charge in [-0.3, -0.25) is 9.89 Å². The van der Waals surface area contributed by atoms with Gasteiger partial charge in [0.1, 0.15) is 5.52 Å². The summed E-state index contributed by atoms with van der Waals surface area (Å²) in [6.07, 6.45) is 6.18. The highest BCUT2D eigenvalue weighted by molar-refractivity contribution is 6.35. The van der Waals surface area contributed by atoms with Gasteiger partial charge in [-0.25, -0.2) is 0 Å². The van der Waals surface area contributed by atoms with Crippen LogP contribution in [-0.2, 0) is 9.53 Å². The molecule has 24 heavy (non-hydrogen) atoms. The molecule has 0 amide bonds. The smallest absolute Gasteiger partial charge is 0.309 e. The number of allylic oxidation sites excluding steroid dienone is 2. The molecule has 1 aromatic carbocycles. The summed E-state index contributed by atoms with van der Waals surface area (Å²) in [5, 5.41) is 8.82. The Balaban J connectivity index is 2.01. The van der Waals surface area contributed by atoms with Crippen molar-refractivity contribution in [1.29, 1.82) is 0 Å². The molecule has 5 nitrogen and oxygen atoms in total. The number of carbonyl (C=O) groups excluding carboxylic acids is 1. The maximum absolute atomic E-state index is 11.9. The van der Waals surface area contributed by atoms with Gasteiger partial charge in [-0.15, -0.1) is 0 Å². The maximum Gasteiger partial charge on any atom is 0.309 e. The fraction of sp³-hybridized carbons (Fsp3) is 0.444. The molecular formula is C18H22ClN3O2. The van der Waals surface area contributed by atoms with Crippen LogP contribution in [0.1, 0.15) is 50.3 Å². The molecule has 6 heteroatoms. The van der Waals surface area contributed by atoms with Crippen LogP contribution in [0.2, 0.25) is 5.02 Å². The Morgan fingerprint density at radius 3 is 3.00 bits per heavy atom. The number of nitrogens with two attached hydrogens (primary N) is 1. The Morgan fingerprint density at radius 2 is 2.38 bits per heavy atom. The molecule has 0 saturated carbocycles. The normalized spacial score (nSPS) is 19.2. The summed E-state index contributed by atoms with van der Waals surface area (Å²) in [5.74, 6) is -0.171. The number of halogens is 1. The minimum atomic E-state index is -0.151. The van der Waals surface area contributed by atoms with Crippen LogP contribution < -0.4 is 5.73 Å². The number of rotatable bonds is 4. The number of aromatic amines is 1. The number of nitrogens with one attached hydrogen (secondary N) is 1. The van der Waals surface area contributed by atoms with E-state index >= 15 is 0 Å².